The summed E-state index contributed by atoms with van der Waals surface area (Å²) in [6.07, 6.45) is 5.39. The molecule has 3 aromatic rings. The number of thioether (sulfide) groups is 1. The number of hydrogen-bond acceptors (Lipinski definition) is 5. The van der Waals surface area contributed by atoms with Crippen LogP contribution in [0, 0.1) is 0 Å². The molecule has 0 radical (unpaired) electrons. The number of nitrogens with zero attached hydrogens (tertiary/aromatic N) is 4. The maximum absolute atomic E-state index is 12.5. The first kappa shape index (κ1) is 21.1. The molecule has 160 valence electrons. The molecule has 2 amide bonds. The molecule has 1 aliphatic rings. The van der Waals surface area contributed by atoms with Gasteiger partial charge in [0.25, 0.3) is 0 Å². The van der Waals surface area contributed by atoms with E-state index in [1.54, 1.807) is 12.4 Å². The highest BCUT2D eigenvalue weighted by Crippen LogP contribution is 2.26. The van der Waals surface area contributed by atoms with Crippen LogP contribution in [-0.2, 0) is 16.0 Å². The van der Waals surface area contributed by atoms with Crippen LogP contribution in [0.1, 0.15) is 24.4 Å². The number of aromatic nitrogens is 3. The van der Waals surface area contributed by atoms with Crippen LogP contribution in [0.15, 0.2) is 72.0 Å². The Morgan fingerprint density at radius 3 is 2.52 bits per heavy atom. The number of anilines is 1. The van der Waals surface area contributed by atoms with E-state index in [9.17, 15) is 9.59 Å². The van der Waals surface area contributed by atoms with Gasteiger partial charge in [0.05, 0.1) is 29.4 Å². The Morgan fingerprint density at radius 1 is 1.00 bits per heavy atom. The molecule has 0 atom stereocenters. The van der Waals surface area contributed by atoms with Crippen molar-refractivity contribution >= 4 is 29.4 Å². The molecule has 1 saturated heterocycles. The van der Waals surface area contributed by atoms with E-state index in [4.69, 9.17) is 0 Å². The highest BCUT2D eigenvalue weighted by molar-refractivity contribution is 7.99. The first-order valence-electron chi connectivity index (χ1n) is 10.4. The van der Waals surface area contributed by atoms with Crippen LogP contribution in [0.4, 0.5) is 5.82 Å². The minimum atomic E-state index is -0.0629. The number of benzene rings is 1. The Morgan fingerprint density at radius 2 is 1.77 bits per heavy atom. The molecular formula is C23H25N5O2S. The summed E-state index contributed by atoms with van der Waals surface area (Å²) in [6.45, 7) is 1.37. The number of pyridine rings is 1. The highest BCUT2D eigenvalue weighted by Gasteiger charge is 2.25. The van der Waals surface area contributed by atoms with Crippen LogP contribution in [0.5, 0.6) is 0 Å². The van der Waals surface area contributed by atoms with Crippen LogP contribution in [0.2, 0.25) is 0 Å². The highest BCUT2D eigenvalue weighted by atomic mass is 32.2. The van der Waals surface area contributed by atoms with Gasteiger partial charge >= 0.3 is 0 Å². The van der Waals surface area contributed by atoms with Crippen LogP contribution in [0.25, 0.3) is 0 Å². The standard InChI is InChI=1S/C23H25N5O2S/c29-21(16-18-6-2-1-3-7-18)26-20-9-13-25-28(20)19-10-14-27(15-11-19)23(30)17-31-22-8-4-5-12-24-22/h1-9,12-13,19H,10-11,14-17H2,(H,26,29). The first-order valence-corrected chi connectivity index (χ1v) is 11.4. The third-order valence-corrected chi connectivity index (χ3v) is 6.22. The normalized spacial score (nSPS) is 14.4. The molecule has 0 aliphatic carbocycles. The van der Waals surface area contributed by atoms with Crippen LogP contribution in [0.3, 0.4) is 0 Å². The lowest BCUT2D eigenvalue weighted by molar-refractivity contribution is -0.129. The van der Waals surface area contributed by atoms with Crippen molar-refractivity contribution in [3.8, 4) is 0 Å². The van der Waals surface area contributed by atoms with Crippen molar-refractivity contribution in [1.82, 2.24) is 19.7 Å². The predicted octanol–water partition coefficient (Wildman–Crippen LogP) is 3.42. The van der Waals surface area contributed by atoms with Crippen molar-refractivity contribution in [1.29, 1.82) is 0 Å². The summed E-state index contributed by atoms with van der Waals surface area (Å²) in [7, 11) is 0. The molecule has 0 spiro atoms. The number of amides is 2. The average molecular weight is 436 g/mol. The molecule has 2 aromatic heterocycles. The Kier molecular flexibility index (Phi) is 6.99. The minimum absolute atomic E-state index is 0.0629. The third-order valence-electron chi connectivity index (χ3n) is 5.29. The maximum atomic E-state index is 12.5. The van der Waals surface area contributed by atoms with Crippen molar-refractivity contribution < 1.29 is 9.59 Å². The van der Waals surface area contributed by atoms with Gasteiger partial charge in [-0.2, -0.15) is 5.10 Å². The molecule has 8 heteroatoms. The SMILES string of the molecule is O=C(Cc1ccccc1)Nc1ccnn1C1CCN(C(=O)CSc2ccccn2)CC1. The summed E-state index contributed by atoms with van der Waals surface area (Å²) in [4.78, 5) is 31.1. The van der Waals surface area contributed by atoms with E-state index in [0.29, 0.717) is 31.1 Å². The zero-order chi connectivity index (χ0) is 21.5. The topological polar surface area (TPSA) is 80.1 Å². The summed E-state index contributed by atoms with van der Waals surface area (Å²) in [6, 6.07) is 17.4. The molecule has 1 aromatic carbocycles. The number of nitrogens with one attached hydrogen (secondary N) is 1. The second kappa shape index (κ2) is 10.3. The summed E-state index contributed by atoms with van der Waals surface area (Å²) in [5, 5.41) is 8.27. The summed E-state index contributed by atoms with van der Waals surface area (Å²) in [5.41, 5.74) is 0.974. The van der Waals surface area contributed by atoms with E-state index in [-0.39, 0.29) is 17.9 Å². The van der Waals surface area contributed by atoms with Gasteiger partial charge in [-0.05, 0) is 30.5 Å². The summed E-state index contributed by atoms with van der Waals surface area (Å²) in [5.74, 6) is 1.17. The van der Waals surface area contributed by atoms with Gasteiger partial charge in [0.1, 0.15) is 5.82 Å². The molecule has 0 bridgehead atoms. The molecule has 3 heterocycles. The van der Waals surface area contributed by atoms with Crippen LogP contribution in [-0.4, -0.2) is 50.3 Å². The van der Waals surface area contributed by atoms with Crippen molar-refractivity contribution in [3.05, 3.63) is 72.6 Å². The largest absolute Gasteiger partial charge is 0.342 e. The van der Waals surface area contributed by atoms with E-state index >= 15 is 0 Å². The van der Waals surface area contributed by atoms with Gasteiger partial charge in [0.2, 0.25) is 11.8 Å². The van der Waals surface area contributed by atoms with Gasteiger partial charge in [-0.3, -0.25) is 9.59 Å². The number of rotatable bonds is 7. The first-order chi connectivity index (χ1) is 15.2. The Labute approximate surface area is 185 Å². The molecule has 31 heavy (non-hydrogen) atoms. The van der Waals surface area contributed by atoms with E-state index in [1.165, 1.54) is 11.8 Å². The van der Waals surface area contributed by atoms with Gasteiger partial charge in [-0.15, -0.1) is 0 Å². The van der Waals surface area contributed by atoms with Gasteiger partial charge in [0.15, 0.2) is 0 Å². The predicted molar refractivity (Wildman–Crippen MR) is 121 cm³/mol. The quantitative estimate of drug-likeness (QED) is 0.575. The van der Waals surface area contributed by atoms with E-state index in [0.717, 1.165) is 23.4 Å². The smallest absolute Gasteiger partial charge is 0.232 e. The van der Waals surface area contributed by atoms with Crippen molar-refractivity contribution in [2.75, 3.05) is 24.2 Å². The number of piperidine rings is 1. The number of likely N-dealkylation sites (tertiary alicyclic amines) is 1. The third kappa shape index (κ3) is 5.73. The van der Waals surface area contributed by atoms with Crippen LogP contribution >= 0.6 is 11.8 Å². The Hall–Kier alpha value is -3.13. The molecule has 4 rings (SSSR count). The van der Waals surface area contributed by atoms with E-state index in [1.807, 2.05) is 64.2 Å². The lowest BCUT2D eigenvalue weighted by atomic mass is 10.1. The second-order valence-corrected chi connectivity index (χ2v) is 8.44. The molecular weight excluding hydrogens is 410 g/mol. The molecule has 0 saturated carbocycles. The zero-order valence-electron chi connectivity index (χ0n) is 17.2. The van der Waals surface area contributed by atoms with Crippen molar-refractivity contribution in [3.63, 3.8) is 0 Å². The number of hydrogen-bond donors (Lipinski definition) is 1. The lowest BCUT2D eigenvalue weighted by Gasteiger charge is -2.32. The fraction of sp³-hybridized carbons (Fsp3) is 0.304. The molecule has 1 fully saturated rings. The molecule has 7 nitrogen and oxygen atoms in total. The maximum Gasteiger partial charge on any atom is 0.232 e. The van der Waals surface area contributed by atoms with E-state index < -0.39 is 0 Å². The van der Waals surface area contributed by atoms with Gasteiger partial charge < -0.3 is 10.2 Å². The summed E-state index contributed by atoms with van der Waals surface area (Å²) >= 11 is 1.46. The summed E-state index contributed by atoms with van der Waals surface area (Å²) < 4.78 is 1.88. The van der Waals surface area contributed by atoms with Gasteiger partial charge in [-0.1, -0.05) is 48.2 Å². The lowest BCUT2D eigenvalue weighted by Crippen LogP contribution is -2.40. The molecule has 0 unspecified atom stereocenters. The second-order valence-electron chi connectivity index (χ2n) is 7.44. The molecule has 1 N–H and O–H groups in total. The molecule has 1 aliphatic heterocycles. The Balaban J connectivity index is 1.28. The van der Waals surface area contributed by atoms with Gasteiger partial charge in [-0.25, -0.2) is 9.67 Å². The minimum Gasteiger partial charge on any atom is -0.342 e. The Bertz CT molecular complexity index is 1000. The zero-order valence-corrected chi connectivity index (χ0v) is 18.0. The van der Waals surface area contributed by atoms with E-state index in [2.05, 4.69) is 15.4 Å². The number of carbonyl (C=O) groups is 2. The van der Waals surface area contributed by atoms with Crippen molar-refractivity contribution in [2.24, 2.45) is 0 Å². The average Bonchev–Trinajstić information content (AvgIpc) is 3.27. The fourth-order valence-electron chi connectivity index (χ4n) is 3.69. The number of carbonyl (C=O) groups excluding carboxylic acids is 2. The fourth-order valence-corrected chi connectivity index (χ4v) is 4.46. The van der Waals surface area contributed by atoms with Gasteiger partial charge in [0, 0.05) is 25.4 Å². The monoisotopic (exact) mass is 435 g/mol. The van der Waals surface area contributed by atoms with Crippen LogP contribution < -0.4 is 5.32 Å². The van der Waals surface area contributed by atoms with Crippen molar-refractivity contribution in [2.45, 2.75) is 30.3 Å².